The summed E-state index contributed by atoms with van der Waals surface area (Å²) in [7, 11) is 3.22. The van der Waals surface area contributed by atoms with E-state index in [0.29, 0.717) is 11.5 Å². The fraction of sp³-hybridized carbons (Fsp3) is 0.455. The Morgan fingerprint density at radius 3 is 2.50 bits per heavy atom. The molecule has 1 aromatic carbocycles. The molecule has 1 atom stereocenters. The third-order valence-electron chi connectivity index (χ3n) is 5.27. The van der Waals surface area contributed by atoms with E-state index in [9.17, 15) is 9.59 Å². The number of likely N-dealkylation sites (tertiary alicyclic amines) is 1. The Balaban J connectivity index is 1.68. The van der Waals surface area contributed by atoms with Gasteiger partial charge in [-0.3, -0.25) is 9.59 Å². The first-order valence-corrected chi connectivity index (χ1v) is 10.4. The lowest BCUT2D eigenvalue weighted by molar-refractivity contribution is -0.132. The minimum absolute atomic E-state index is 0.0209. The number of carbonyl (C=O) groups is 2. The molecule has 1 saturated heterocycles. The van der Waals surface area contributed by atoms with Crippen LogP contribution in [0, 0.1) is 13.8 Å². The lowest BCUT2D eigenvalue weighted by atomic mass is 10.0. The summed E-state index contributed by atoms with van der Waals surface area (Å²) in [5, 5.41) is 0. The van der Waals surface area contributed by atoms with Crippen LogP contribution in [0.15, 0.2) is 24.3 Å². The van der Waals surface area contributed by atoms with Crippen molar-refractivity contribution in [2.45, 2.75) is 45.6 Å². The van der Waals surface area contributed by atoms with Crippen LogP contribution >= 0.6 is 11.3 Å². The predicted molar refractivity (Wildman–Crippen MR) is 111 cm³/mol. The zero-order chi connectivity index (χ0) is 20.3. The number of hydrogen-bond acceptors (Lipinski definition) is 5. The maximum atomic E-state index is 12.9. The molecular weight excluding hydrogens is 374 g/mol. The quantitative estimate of drug-likeness (QED) is 0.631. The van der Waals surface area contributed by atoms with Gasteiger partial charge in [-0.2, -0.15) is 0 Å². The molecular formula is C22H27NO4S. The van der Waals surface area contributed by atoms with Gasteiger partial charge in [-0.25, -0.2) is 0 Å². The Morgan fingerprint density at radius 1 is 1.11 bits per heavy atom. The third kappa shape index (κ3) is 4.22. The maximum absolute atomic E-state index is 12.9. The van der Waals surface area contributed by atoms with E-state index in [4.69, 9.17) is 9.47 Å². The van der Waals surface area contributed by atoms with Crippen LogP contribution in [-0.4, -0.2) is 37.4 Å². The molecule has 0 bridgehead atoms. The number of amides is 1. The molecule has 28 heavy (non-hydrogen) atoms. The Labute approximate surface area is 170 Å². The second-order valence-electron chi connectivity index (χ2n) is 7.11. The lowest BCUT2D eigenvalue weighted by Gasteiger charge is -2.25. The van der Waals surface area contributed by atoms with Gasteiger partial charge in [0.05, 0.1) is 20.3 Å². The summed E-state index contributed by atoms with van der Waals surface area (Å²) in [5.74, 6) is 1.43. The highest BCUT2D eigenvalue weighted by atomic mass is 32.1. The van der Waals surface area contributed by atoms with E-state index in [-0.39, 0.29) is 30.6 Å². The number of aryl methyl sites for hydroxylation is 2. The number of hydrogen-bond donors (Lipinski definition) is 0. The summed E-state index contributed by atoms with van der Waals surface area (Å²) in [5.41, 5.74) is 1.80. The Morgan fingerprint density at radius 2 is 1.86 bits per heavy atom. The minimum atomic E-state index is 0.0209. The number of rotatable bonds is 7. The van der Waals surface area contributed by atoms with E-state index >= 15 is 0 Å². The smallest absolute Gasteiger partial charge is 0.223 e. The molecule has 1 unspecified atom stereocenters. The minimum Gasteiger partial charge on any atom is -0.493 e. The van der Waals surface area contributed by atoms with E-state index in [1.807, 2.05) is 43.0 Å². The largest absolute Gasteiger partial charge is 0.493 e. The van der Waals surface area contributed by atoms with Crippen LogP contribution in [0.1, 0.15) is 57.4 Å². The zero-order valence-corrected chi connectivity index (χ0v) is 17.7. The first-order chi connectivity index (χ1) is 13.4. The molecule has 1 aromatic heterocycles. The van der Waals surface area contributed by atoms with Crippen molar-refractivity contribution in [1.29, 1.82) is 0 Å². The van der Waals surface area contributed by atoms with Crippen molar-refractivity contribution in [2.75, 3.05) is 20.8 Å². The van der Waals surface area contributed by atoms with Crippen LogP contribution in [0.2, 0.25) is 0 Å². The van der Waals surface area contributed by atoms with Crippen molar-refractivity contribution in [2.24, 2.45) is 0 Å². The number of nitrogens with zero attached hydrogens (tertiary/aromatic N) is 1. The first kappa shape index (κ1) is 20.4. The van der Waals surface area contributed by atoms with E-state index in [1.54, 1.807) is 25.6 Å². The van der Waals surface area contributed by atoms with E-state index < -0.39 is 0 Å². The summed E-state index contributed by atoms with van der Waals surface area (Å²) < 4.78 is 10.7. The fourth-order valence-electron chi connectivity index (χ4n) is 3.88. The highest BCUT2D eigenvalue weighted by molar-refractivity contribution is 7.12. The van der Waals surface area contributed by atoms with Gasteiger partial charge < -0.3 is 14.4 Å². The van der Waals surface area contributed by atoms with Gasteiger partial charge in [0, 0.05) is 34.7 Å². The SMILES string of the molecule is COc1ccc(C2CCCN2C(=O)CCC(=O)c2cc(C)sc2C)cc1OC. The van der Waals surface area contributed by atoms with Crippen molar-refractivity contribution in [3.63, 3.8) is 0 Å². The molecule has 0 saturated carbocycles. The molecule has 3 rings (SSSR count). The van der Waals surface area contributed by atoms with Crippen molar-refractivity contribution in [3.05, 3.63) is 45.1 Å². The first-order valence-electron chi connectivity index (χ1n) is 9.56. The Hall–Kier alpha value is -2.34. The van der Waals surface area contributed by atoms with Gasteiger partial charge in [0.1, 0.15) is 0 Å². The molecule has 1 fully saturated rings. The molecule has 0 spiro atoms. The lowest BCUT2D eigenvalue weighted by Crippen LogP contribution is -2.30. The van der Waals surface area contributed by atoms with Gasteiger partial charge in [0.25, 0.3) is 0 Å². The van der Waals surface area contributed by atoms with Gasteiger partial charge in [0.2, 0.25) is 5.91 Å². The maximum Gasteiger partial charge on any atom is 0.223 e. The van der Waals surface area contributed by atoms with E-state index in [2.05, 4.69) is 0 Å². The number of Topliss-reactive ketones (excluding diaryl/α,β-unsaturated/α-hetero) is 1. The van der Waals surface area contributed by atoms with Gasteiger partial charge in [-0.15, -0.1) is 11.3 Å². The fourth-order valence-corrected chi connectivity index (χ4v) is 4.82. The van der Waals surface area contributed by atoms with Crippen molar-refractivity contribution >= 4 is 23.0 Å². The Bertz CT molecular complexity index is 873. The van der Waals surface area contributed by atoms with Crippen LogP contribution in [-0.2, 0) is 4.79 Å². The molecule has 0 N–H and O–H groups in total. The molecule has 5 nitrogen and oxygen atoms in total. The normalized spacial score (nSPS) is 16.3. The van der Waals surface area contributed by atoms with E-state index in [1.165, 1.54) is 0 Å². The number of methoxy groups -OCH3 is 2. The van der Waals surface area contributed by atoms with Gasteiger partial charge in [0.15, 0.2) is 17.3 Å². The monoisotopic (exact) mass is 401 g/mol. The summed E-state index contributed by atoms with van der Waals surface area (Å²) in [6.45, 7) is 4.68. The number of ketones is 1. The number of carbonyl (C=O) groups excluding carboxylic acids is 2. The van der Waals surface area contributed by atoms with Crippen molar-refractivity contribution in [1.82, 2.24) is 4.90 Å². The molecule has 1 aliphatic rings. The zero-order valence-electron chi connectivity index (χ0n) is 16.9. The molecule has 2 heterocycles. The molecule has 1 aliphatic heterocycles. The highest BCUT2D eigenvalue weighted by Gasteiger charge is 2.30. The summed E-state index contributed by atoms with van der Waals surface area (Å²) in [6, 6.07) is 7.75. The predicted octanol–water partition coefficient (Wildman–Crippen LogP) is 4.71. The molecule has 0 aliphatic carbocycles. The molecule has 0 radical (unpaired) electrons. The van der Waals surface area contributed by atoms with Crippen LogP contribution in [0.3, 0.4) is 0 Å². The van der Waals surface area contributed by atoms with E-state index in [0.717, 1.165) is 40.3 Å². The van der Waals surface area contributed by atoms with Gasteiger partial charge >= 0.3 is 0 Å². The van der Waals surface area contributed by atoms with Gasteiger partial charge in [-0.05, 0) is 50.5 Å². The average molecular weight is 402 g/mol. The summed E-state index contributed by atoms with van der Waals surface area (Å²) in [4.78, 5) is 29.4. The van der Waals surface area contributed by atoms with Crippen LogP contribution in [0.5, 0.6) is 11.5 Å². The molecule has 6 heteroatoms. The molecule has 1 amide bonds. The van der Waals surface area contributed by atoms with Crippen LogP contribution < -0.4 is 9.47 Å². The topological polar surface area (TPSA) is 55.8 Å². The molecule has 150 valence electrons. The summed E-state index contributed by atoms with van der Waals surface area (Å²) >= 11 is 1.62. The number of benzene rings is 1. The van der Waals surface area contributed by atoms with Crippen LogP contribution in [0.4, 0.5) is 0 Å². The second kappa shape index (κ2) is 8.78. The third-order valence-corrected chi connectivity index (χ3v) is 6.24. The molecule has 2 aromatic rings. The number of ether oxygens (including phenoxy) is 2. The second-order valence-corrected chi connectivity index (χ2v) is 8.57. The Kier molecular flexibility index (Phi) is 6.39. The standard InChI is InChI=1S/C22H27NO4S/c1-14-12-17(15(2)28-14)19(24)8-10-22(25)23-11-5-6-18(23)16-7-9-20(26-3)21(13-16)27-4/h7,9,12-13,18H,5-6,8,10-11H2,1-4H3. The van der Waals surface area contributed by atoms with Crippen molar-refractivity contribution in [3.8, 4) is 11.5 Å². The summed E-state index contributed by atoms with van der Waals surface area (Å²) in [6.07, 6.45) is 2.38. The van der Waals surface area contributed by atoms with Crippen LogP contribution in [0.25, 0.3) is 0 Å². The van der Waals surface area contributed by atoms with Crippen molar-refractivity contribution < 1.29 is 19.1 Å². The average Bonchev–Trinajstić information content (AvgIpc) is 3.31. The van der Waals surface area contributed by atoms with Gasteiger partial charge in [-0.1, -0.05) is 6.07 Å². The number of thiophene rings is 1. The highest BCUT2D eigenvalue weighted by Crippen LogP contribution is 2.37.